The molecule has 168 valence electrons. The second kappa shape index (κ2) is 11.8. The number of anilines is 1. The summed E-state index contributed by atoms with van der Waals surface area (Å²) in [4.78, 5) is 36.0. The Hall–Kier alpha value is -4.30. The molecule has 11 heteroatoms. The molecule has 0 fully saturated rings. The van der Waals surface area contributed by atoms with Crippen molar-refractivity contribution in [2.24, 2.45) is 0 Å². The molecule has 0 spiro atoms. The fraction of sp³-hybridized carbons (Fsp3) is 0.238. The van der Waals surface area contributed by atoms with Crippen molar-refractivity contribution in [1.82, 2.24) is 10.9 Å². The van der Waals surface area contributed by atoms with Crippen LogP contribution in [0.5, 0.6) is 17.2 Å². The summed E-state index contributed by atoms with van der Waals surface area (Å²) in [5, 5.41) is 11.3. The molecule has 0 aliphatic carbocycles. The minimum atomic E-state index is -0.669. The standard InChI is InChI=1S/C21H22N4O7/c1-29-16-8-14(9-17(30-2)20(16)31-3)21(28)25-24-19(27)12-32-11-18(26)23-15-6-4-13(10-22)5-7-15/h4-9H,11-12H2,1-3H3,(H,23,26)(H,24,27)(H,25,28). The molecule has 0 bridgehead atoms. The number of hydrogen-bond donors (Lipinski definition) is 3. The predicted molar refractivity (Wildman–Crippen MR) is 112 cm³/mol. The van der Waals surface area contributed by atoms with Gasteiger partial charge < -0.3 is 24.3 Å². The monoisotopic (exact) mass is 442 g/mol. The third kappa shape index (κ3) is 6.61. The van der Waals surface area contributed by atoms with E-state index in [1.54, 1.807) is 24.3 Å². The van der Waals surface area contributed by atoms with Gasteiger partial charge in [-0.3, -0.25) is 25.2 Å². The van der Waals surface area contributed by atoms with Crippen LogP contribution < -0.4 is 30.4 Å². The molecule has 0 saturated heterocycles. The van der Waals surface area contributed by atoms with Gasteiger partial charge >= 0.3 is 0 Å². The minimum absolute atomic E-state index is 0.155. The van der Waals surface area contributed by atoms with Crippen molar-refractivity contribution in [2.75, 3.05) is 39.9 Å². The molecule has 0 heterocycles. The van der Waals surface area contributed by atoms with E-state index >= 15 is 0 Å². The van der Waals surface area contributed by atoms with Crippen LogP contribution in [0.2, 0.25) is 0 Å². The van der Waals surface area contributed by atoms with Crippen molar-refractivity contribution in [3.05, 3.63) is 47.5 Å². The third-order valence-corrected chi connectivity index (χ3v) is 4.01. The highest BCUT2D eigenvalue weighted by Gasteiger charge is 2.17. The van der Waals surface area contributed by atoms with Crippen LogP contribution in [-0.4, -0.2) is 52.3 Å². The molecule has 3 amide bonds. The molecule has 0 atom stereocenters. The van der Waals surface area contributed by atoms with E-state index in [1.165, 1.54) is 33.5 Å². The molecular formula is C21H22N4O7. The topological polar surface area (TPSA) is 148 Å². The molecule has 0 aliphatic heterocycles. The van der Waals surface area contributed by atoms with Crippen LogP contribution in [0.3, 0.4) is 0 Å². The first-order valence-corrected chi connectivity index (χ1v) is 9.18. The van der Waals surface area contributed by atoms with Crippen LogP contribution in [0.1, 0.15) is 15.9 Å². The molecular weight excluding hydrogens is 420 g/mol. The van der Waals surface area contributed by atoms with Gasteiger partial charge in [0, 0.05) is 11.3 Å². The Morgan fingerprint density at radius 2 is 1.47 bits per heavy atom. The average Bonchev–Trinajstić information content (AvgIpc) is 2.81. The molecule has 3 N–H and O–H groups in total. The van der Waals surface area contributed by atoms with Crippen LogP contribution in [0, 0.1) is 11.3 Å². The predicted octanol–water partition coefficient (Wildman–Crippen LogP) is 1.00. The van der Waals surface area contributed by atoms with E-state index in [-0.39, 0.29) is 23.7 Å². The van der Waals surface area contributed by atoms with Crippen molar-refractivity contribution in [3.63, 3.8) is 0 Å². The smallest absolute Gasteiger partial charge is 0.269 e. The van der Waals surface area contributed by atoms with Gasteiger partial charge in [-0.2, -0.15) is 5.26 Å². The highest BCUT2D eigenvalue weighted by Crippen LogP contribution is 2.38. The van der Waals surface area contributed by atoms with Crippen LogP contribution >= 0.6 is 0 Å². The van der Waals surface area contributed by atoms with E-state index in [9.17, 15) is 14.4 Å². The number of ether oxygens (including phenoxy) is 4. The van der Waals surface area contributed by atoms with Crippen molar-refractivity contribution in [2.45, 2.75) is 0 Å². The van der Waals surface area contributed by atoms with E-state index in [1.807, 2.05) is 6.07 Å². The second-order valence-electron chi connectivity index (χ2n) is 6.15. The van der Waals surface area contributed by atoms with Crippen molar-refractivity contribution >= 4 is 23.4 Å². The van der Waals surface area contributed by atoms with E-state index in [2.05, 4.69) is 16.2 Å². The number of carbonyl (C=O) groups excluding carboxylic acids is 3. The third-order valence-electron chi connectivity index (χ3n) is 4.01. The van der Waals surface area contributed by atoms with E-state index in [4.69, 9.17) is 24.2 Å². The molecule has 0 aromatic heterocycles. The van der Waals surface area contributed by atoms with Gasteiger partial charge in [-0.1, -0.05) is 0 Å². The first-order valence-electron chi connectivity index (χ1n) is 9.18. The fourth-order valence-corrected chi connectivity index (χ4v) is 2.51. The molecule has 2 aromatic rings. The van der Waals surface area contributed by atoms with E-state index in [0.29, 0.717) is 17.0 Å². The maximum Gasteiger partial charge on any atom is 0.269 e. The molecule has 32 heavy (non-hydrogen) atoms. The highest BCUT2D eigenvalue weighted by atomic mass is 16.5. The Labute approximate surface area is 184 Å². The average molecular weight is 442 g/mol. The fourth-order valence-electron chi connectivity index (χ4n) is 2.51. The van der Waals surface area contributed by atoms with E-state index < -0.39 is 24.3 Å². The Morgan fingerprint density at radius 1 is 0.875 bits per heavy atom. The number of rotatable bonds is 9. The summed E-state index contributed by atoms with van der Waals surface area (Å²) < 4.78 is 20.6. The number of amides is 3. The number of nitrogens with zero attached hydrogens (tertiary/aromatic N) is 1. The van der Waals surface area contributed by atoms with E-state index in [0.717, 1.165) is 0 Å². The van der Waals surface area contributed by atoms with Gasteiger partial charge in [0.1, 0.15) is 13.2 Å². The zero-order chi connectivity index (χ0) is 23.5. The Balaban J connectivity index is 1.79. The Morgan fingerprint density at radius 3 is 2.00 bits per heavy atom. The number of hydrogen-bond acceptors (Lipinski definition) is 8. The summed E-state index contributed by atoms with van der Waals surface area (Å²) in [5.74, 6) is -0.903. The van der Waals surface area contributed by atoms with Crippen molar-refractivity contribution in [3.8, 4) is 23.3 Å². The summed E-state index contributed by atoms with van der Waals surface area (Å²) in [6.07, 6.45) is 0. The van der Waals surface area contributed by atoms with Crippen LogP contribution in [0.4, 0.5) is 5.69 Å². The SMILES string of the molecule is COc1cc(C(=O)NNC(=O)COCC(=O)Nc2ccc(C#N)cc2)cc(OC)c1OC. The first-order chi connectivity index (χ1) is 15.4. The van der Waals surface area contributed by atoms with Gasteiger partial charge in [-0.25, -0.2) is 0 Å². The molecule has 0 aliphatic rings. The summed E-state index contributed by atoms with van der Waals surface area (Å²) in [6.45, 7) is -0.843. The van der Waals surface area contributed by atoms with Gasteiger partial charge in [0.2, 0.25) is 11.7 Å². The molecule has 2 rings (SSSR count). The van der Waals surface area contributed by atoms with Gasteiger partial charge in [-0.15, -0.1) is 0 Å². The maximum absolute atomic E-state index is 12.3. The van der Waals surface area contributed by atoms with Crippen LogP contribution in [0.25, 0.3) is 0 Å². The molecule has 2 aromatic carbocycles. The molecule has 0 radical (unpaired) electrons. The van der Waals surface area contributed by atoms with Gasteiger partial charge in [0.15, 0.2) is 11.5 Å². The number of hydrazine groups is 1. The lowest BCUT2D eigenvalue weighted by atomic mass is 10.1. The summed E-state index contributed by atoms with van der Waals surface area (Å²) >= 11 is 0. The lowest BCUT2D eigenvalue weighted by molar-refractivity contribution is -0.129. The van der Waals surface area contributed by atoms with Crippen LogP contribution in [0.15, 0.2) is 36.4 Å². The summed E-state index contributed by atoms with van der Waals surface area (Å²) in [7, 11) is 4.26. The number of nitriles is 1. The lowest BCUT2D eigenvalue weighted by Gasteiger charge is -2.14. The summed E-state index contributed by atoms with van der Waals surface area (Å²) in [5.41, 5.74) is 5.52. The zero-order valence-electron chi connectivity index (χ0n) is 17.7. The quantitative estimate of drug-likeness (QED) is 0.487. The maximum atomic E-state index is 12.3. The lowest BCUT2D eigenvalue weighted by Crippen LogP contribution is -2.43. The molecule has 11 nitrogen and oxygen atoms in total. The second-order valence-corrected chi connectivity index (χ2v) is 6.15. The van der Waals surface area contributed by atoms with Crippen molar-refractivity contribution < 1.29 is 33.3 Å². The number of carbonyl (C=O) groups is 3. The minimum Gasteiger partial charge on any atom is -0.493 e. The number of benzene rings is 2. The van der Waals surface area contributed by atoms with Crippen LogP contribution in [-0.2, 0) is 14.3 Å². The first kappa shape index (κ1) is 24.0. The molecule has 0 unspecified atom stereocenters. The van der Waals surface area contributed by atoms with Gasteiger partial charge in [0.25, 0.3) is 11.8 Å². The number of nitrogens with one attached hydrogen (secondary N) is 3. The van der Waals surface area contributed by atoms with Gasteiger partial charge in [0.05, 0.1) is 33.0 Å². The van der Waals surface area contributed by atoms with Crippen molar-refractivity contribution in [1.29, 1.82) is 5.26 Å². The Kier molecular flexibility index (Phi) is 8.82. The number of methoxy groups -OCH3 is 3. The van der Waals surface area contributed by atoms with Gasteiger partial charge in [-0.05, 0) is 36.4 Å². The molecule has 0 saturated carbocycles. The zero-order valence-corrected chi connectivity index (χ0v) is 17.7. The normalized spacial score (nSPS) is 9.81. The summed E-state index contributed by atoms with van der Waals surface area (Å²) in [6, 6.07) is 11.1. The Bertz CT molecular complexity index is 991. The highest BCUT2D eigenvalue weighted by molar-refractivity contribution is 5.97. The largest absolute Gasteiger partial charge is 0.493 e.